The summed E-state index contributed by atoms with van der Waals surface area (Å²) < 4.78 is 5.13. The minimum Gasteiger partial charge on any atom is -0.398 e. The molecule has 8 heteroatoms. The first-order valence-corrected chi connectivity index (χ1v) is 5.37. The number of benzene rings is 1. The van der Waals surface area contributed by atoms with Gasteiger partial charge in [-0.3, -0.25) is 0 Å². The van der Waals surface area contributed by atoms with E-state index in [1.807, 2.05) is 0 Å². The van der Waals surface area contributed by atoms with E-state index in [9.17, 15) is 0 Å². The van der Waals surface area contributed by atoms with Crippen LogP contribution in [0, 0.1) is 0 Å². The Bertz CT molecular complexity index is 678. The highest BCUT2D eigenvalue weighted by Gasteiger charge is 2.14. The lowest BCUT2D eigenvalue weighted by atomic mass is 10.2. The largest absolute Gasteiger partial charge is 0.398 e. The van der Waals surface area contributed by atoms with Gasteiger partial charge in [0.1, 0.15) is 0 Å². The highest BCUT2D eigenvalue weighted by Crippen LogP contribution is 2.28. The monoisotopic (exact) mass is 262 g/mol. The summed E-state index contributed by atoms with van der Waals surface area (Å²) in [6, 6.07) is 5.04. The molecule has 0 aliphatic rings. The van der Waals surface area contributed by atoms with Crippen LogP contribution >= 0.6 is 11.6 Å². The predicted octanol–water partition coefficient (Wildman–Crippen LogP) is 1.76. The van der Waals surface area contributed by atoms with Gasteiger partial charge in [0.2, 0.25) is 5.82 Å². The van der Waals surface area contributed by atoms with E-state index in [4.69, 9.17) is 21.9 Å². The maximum atomic E-state index is 5.83. The topological polar surface area (TPSA) is 107 Å². The molecular weight excluding hydrogens is 256 g/mol. The molecule has 0 fully saturated rings. The number of nitrogens with one attached hydrogen (secondary N) is 1. The van der Waals surface area contributed by atoms with E-state index < -0.39 is 0 Å². The number of nitrogen functional groups attached to an aromatic ring is 1. The fraction of sp³-hybridized carbons (Fsp3) is 0. The lowest BCUT2D eigenvalue weighted by molar-refractivity contribution is 0.432. The number of hydrogen-bond donors (Lipinski definition) is 2. The molecular formula is C10H7ClN6O. The van der Waals surface area contributed by atoms with Gasteiger partial charge in [0.25, 0.3) is 5.89 Å². The molecule has 0 atom stereocenters. The van der Waals surface area contributed by atoms with Crippen molar-refractivity contribution in [1.82, 2.24) is 25.6 Å². The summed E-state index contributed by atoms with van der Waals surface area (Å²) >= 11 is 5.82. The second-order valence-electron chi connectivity index (χ2n) is 3.51. The molecule has 0 unspecified atom stereocenters. The average Bonchev–Trinajstić information content (AvgIpc) is 2.99. The van der Waals surface area contributed by atoms with Crippen molar-refractivity contribution in [2.75, 3.05) is 5.73 Å². The number of aromatic amines is 1. The molecule has 0 spiro atoms. The second-order valence-corrected chi connectivity index (χ2v) is 3.95. The van der Waals surface area contributed by atoms with Crippen molar-refractivity contribution in [1.29, 1.82) is 0 Å². The van der Waals surface area contributed by atoms with Gasteiger partial charge in [0.05, 0.1) is 11.8 Å². The van der Waals surface area contributed by atoms with Crippen LogP contribution in [0.15, 0.2) is 28.9 Å². The summed E-state index contributed by atoms with van der Waals surface area (Å²) in [5, 5.41) is 14.3. The zero-order valence-corrected chi connectivity index (χ0v) is 9.72. The van der Waals surface area contributed by atoms with Gasteiger partial charge >= 0.3 is 0 Å². The summed E-state index contributed by atoms with van der Waals surface area (Å²) in [6.45, 7) is 0. The number of H-pyrrole nitrogens is 1. The Labute approximate surface area is 106 Å². The highest BCUT2D eigenvalue weighted by molar-refractivity contribution is 6.31. The molecule has 3 aromatic rings. The first-order valence-electron chi connectivity index (χ1n) is 4.99. The number of nitrogens with two attached hydrogens (primary N) is 1. The van der Waals surface area contributed by atoms with E-state index in [0.717, 1.165) is 0 Å². The lowest BCUT2D eigenvalue weighted by Gasteiger charge is -1.99. The molecule has 18 heavy (non-hydrogen) atoms. The Kier molecular flexibility index (Phi) is 2.45. The van der Waals surface area contributed by atoms with Gasteiger partial charge in [-0.15, -0.1) is 0 Å². The molecule has 3 N–H and O–H groups in total. The molecule has 2 heterocycles. The Balaban J connectivity index is 2.03. The van der Waals surface area contributed by atoms with E-state index in [2.05, 4.69) is 25.6 Å². The number of nitrogens with zero attached hydrogens (tertiary/aromatic N) is 4. The molecule has 0 saturated heterocycles. The van der Waals surface area contributed by atoms with E-state index >= 15 is 0 Å². The number of halogens is 1. The van der Waals surface area contributed by atoms with Crippen LogP contribution in [0.2, 0.25) is 5.02 Å². The van der Waals surface area contributed by atoms with Gasteiger partial charge in [-0.2, -0.15) is 20.4 Å². The first-order chi connectivity index (χ1) is 8.74. The summed E-state index contributed by atoms with van der Waals surface area (Å²) in [6.07, 6.45) is 1.50. The maximum Gasteiger partial charge on any atom is 0.260 e. The summed E-state index contributed by atoms with van der Waals surface area (Å²) in [5.74, 6) is 0.648. The van der Waals surface area contributed by atoms with E-state index in [1.54, 1.807) is 18.2 Å². The van der Waals surface area contributed by atoms with Crippen LogP contribution < -0.4 is 5.73 Å². The standard InChI is InChI=1S/C10H7ClN6O/c11-5-1-2-6(7(12)3-5)10-14-9(16-18-10)8-4-13-17-15-8/h1-4H,12H2,(H,13,15,17). The van der Waals surface area contributed by atoms with E-state index in [1.165, 1.54) is 6.20 Å². The van der Waals surface area contributed by atoms with Gasteiger partial charge < -0.3 is 10.3 Å². The van der Waals surface area contributed by atoms with Gasteiger partial charge in [0, 0.05) is 10.7 Å². The average molecular weight is 263 g/mol. The normalized spacial score (nSPS) is 10.7. The first kappa shape index (κ1) is 10.7. The van der Waals surface area contributed by atoms with Gasteiger partial charge in [-0.1, -0.05) is 16.8 Å². The van der Waals surface area contributed by atoms with Crippen molar-refractivity contribution in [2.45, 2.75) is 0 Å². The Morgan fingerprint density at radius 3 is 2.94 bits per heavy atom. The van der Waals surface area contributed by atoms with Crippen LogP contribution in [0.4, 0.5) is 5.69 Å². The highest BCUT2D eigenvalue weighted by atomic mass is 35.5. The number of aromatic nitrogens is 5. The zero-order valence-electron chi connectivity index (χ0n) is 8.96. The van der Waals surface area contributed by atoms with E-state index in [0.29, 0.717) is 33.7 Å². The number of hydrogen-bond acceptors (Lipinski definition) is 6. The van der Waals surface area contributed by atoms with Gasteiger partial charge in [-0.05, 0) is 18.2 Å². The molecule has 0 bridgehead atoms. The quantitative estimate of drug-likeness (QED) is 0.682. The van der Waals surface area contributed by atoms with Crippen molar-refractivity contribution in [3.05, 3.63) is 29.4 Å². The zero-order chi connectivity index (χ0) is 12.5. The van der Waals surface area contributed by atoms with Crippen molar-refractivity contribution in [3.8, 4) is 23.0 Å². The third-order valence-corrected chi connectivity index (χ3v) is 2.55. The lowest BCUT2D eigenvalue weighted by Crippen LogP contribution is -1.90. The molecule has 0 radical (unpaired) electrons. The maximum absolute atomic E-state index is 5.83. The van der Waals surface area contributed by atoms with Crippen LogP contribution in [0.5, 0.6) is 0 Å². The molecule has 3 rings (SSSR count). The van der Waals surface area contributed by atoms with Crippen molar-refractivity contribution in [3.63, 3.8) is 0 Å². The van der Waals surface area contributed by atoms with Gasteiger partial charge in [0.15, 0.2) is 5.69 Å². The smallest absolute Gasteiger partial charge is 0.260 e. The molecule has 1 aromatic carbocycles. The number of anilines is 1. The summed E-state index contributed by atoms with van der Waals surface area (Å²) in [7, 11) is 0. The van der Waals surface area contributed by atoms with Crippen molar-refractivity contribution in [2.24, 2.45) is 0 Å². The van der Waals surface area contributed by atoms with Crippen molar-refractivity contribution >= 4 is 17.3 Å². The Morgan fingerprint density at radius 1 is 1.33 bits per heavy atom. The van der Waals surface area contributed by atoms with Crippen LogP contribution in [0.3, 0.4) is 0 Å². The fourth-order valence-electron chi connectivity index (χ4n) is 1.47. The Hall–Kier alpha value is -2.41. The number of rotatable bonds is 2. The minimum absolute atomic E-state index is 0.308. The third-order valence-electron chi connectivity index (χ3n) is 2.31. The molecule has 2 aromatic heterocycles. The van der Waals surface area contributed by atoms with Crippen molar-refractivity contribution < 1.29 is 4.52 Å². The molecule has 0 amide bonds. The second kappa shape index (κ2) is 4.11. The molecule has 0 aliphatic heterocycles. The molecule has 0 saturated carbocycles. The van der Waals surface area contributed by atoms with Crippen LogP contribution in [-0.2, 0) is 0 Å². The minimum atomic E-state index is 0.308. The molecule has 90 valence electrons. The fourth-order valence-corrected chi connectivity index (χ4v) is 1.66. The molecule has 0 aliphatic carbocycles. The van der Waals surface area contributed by atoms with Crippen LogP contribution in [0.1, 0.15) is 0 Å². The summed E-state index contributed by atoms with van der Waals surface area (Å²) in [4.78, 5) is 4.19. The SMILES string of the molecule is Nc1cc(Cl)ccc1-c1nc(-c2cn[nH]n2)no1. The Morgan fingerprint density at radius 2 is 2.22 bits per heavy atom. The van der Waals surface area contributed by atoms with Crippen LogP contribution in [-0.4, -0.2) is 25.6 Å². The van der Waals surface area contributed by atoms with Gasteiger partial charge in [-0.25, -0.2) is 0 Å². The summed E-state index contributed by atoms with van der Waals surface area (Å²) in [5.41, 5.74) is 7.43. The van der Waals surface area contributed by atoms with E-state index in [-0.39, 0.29) is 0 Å². The third kappa shape index (κ3) is 1.80. The molecule has 7 nitrogen and oxygen atoms in total. The predicted molar refractivity (Wildman–Crippen MR) is 64.5 cm³/mol. The van der Waals surface area contributed by atoms with Crippen LogP contribution in [0.25, 0.3) is 23.0 Å².